The van der Waals surface area contributed by atoms with Crippen LogP contribution < -0.4 is 4.74 Å². The third kappa shape index (κ3) is 4.13. The van der Waals surface area contributed by atoms with Gasteiger partial charge in [-0.3, -0.25) is 4.99 Å². The number of phenolic OH excluding ortho intramolecular Hbond substituents is 1. The highest BCUT2D eigenvalue weighted by atomic mass is 16.5. The van der Waals surface area contributed by atoms with Crippen LogP contribution in [-0.4, -0.2) is 18.4 Å². The van der Waals surface area contributed by atoms with Crippen LogP contribution in [0.3, 0.4) is 0 Å². The zero-order chi connectivity index (χ0) is 16.9. The normalized spacial score (nSPS) is 11.8. The average Bonchev–Trinajstić information content (AvgIpc) is 2.54. The van der Waals surface area contributed by atoms with Gasteiger partial charge in [-0.25, -0.2) is 0 Å². The minimum absolute atomic E-state index is 0.122. The fourth-order valence-corrected chi connectivity index (χ4v) is 2.78. The number of phenols is 1. The van der Waals surface area contributed by atoms with E-state index in [2.05, 4.69) is 25.8 Å². The van der Waals surface area contributed by atoms with Crippen LogP contribution in [0.25, 0.3) is 0 Å². The van der Waals surface area contributed by atoms with Gasteiger partial charge in [-0.1, -0.05) is 45.4 Å². The van der Waals surface area contributed by atoms with Crippen molar-refractivity contribution in [3.05, 3.63) is 53.6 Å². The van der Waals surface area contributed by atoms with E-state index in [0.29, 0.717) is 5.56 Å². The van der Waals surface area contributed by atoms with Crippen molar-refractivity contribution in [2.24, 2.45) is 4.99 Å². The Hall–Kier alpha value is -2.29. The van der Waals surface area contributed by atoms with Gasteiger partial charge in [0, 0.05) is 17.3 Å². The Bertz CT molecular complexity index is 676. The van der Waals surface area contributed by atoms with Crippen molar-refractivity contribution in [2.45, 2.75) is 39.0 Å². The number of aliphatic imine (C=N–C) groups is 1. The number of ether oxygens (including phenoxy) is 1. The first-order valence-electron chi connectivity index (χ1n) is 7.98. The molecule has 0 bridgehead atoms. The van der Waals surface area contributed by atoms with Crippen LogP contribution >= 0.6 is 0 Å². The smallest absolute Gasteiger partial charge is 0.128 e. The second kappa shape index (κ2) is 7.32. The van der Waals surface area contributed by atoms with Crippen LogP contribution in [0.15, 0.2) is 47.5 Å². The summed E-state index contributed by atoms with van der Waals surface area (Å²) in [5.74, 6) is 1.01. The molecule has 3 heteroatoms. The van der Waals surface area contributed by atoms with Crippen molar-refractivity contribution in [1.82, 2.24) is 0 Å². The number of methoxy groups -OCH3 is 1. The zero-order valence-corrected chi connectivity index (χ0v) is 14.3. The summed E-state index contributed by atoms with van der Waals surface area (Å²) in [4.78, 5) is 4.44. The monoisotopic (exact) mass is 311 g/mol. The minimum atomic E-state index is -0.122. The van der Waals surface area contributed by atoms with Crippen molar-refractivity contribution in [3.63, 3.8) is 0 Å². The van der Waals surface area contributed by atoms with Gasteiger partial charge >= 0.3 is 0 Å². The first-order valence-corrected chi connectivity index (χ1v) is 7.98. The summed E-state index contributed by atoms with van der Waals surface area (Å²) in [5.41, 5.74) is 2.30. The molecule has 0 saturated heterocycles. The molecular formula is C20H25NO2. The van der Waals surface area contributed by atoms with Crippen LogP contribution in [0, 0.1) is 0 Å². The fraction of sp³-hybridized carbons (Fsp3) is 0.350. The van der Waals surface area contributed by atoms with Crippen LogP contribution in [0.4, 0.5) is 5.69 Å². The van der Waals surface area contributed by atoms with E-state index in [0.717, 1.165) is 29.8 Å². The standard InChI is InChI=1S/C20H25NO2/c1-5-11-20(2,3)18-13-17(23-4)12-15(19(18)22)14-21-16-9-7-6-8-10-16/h6-10,12-14,22H,5,11H2,1-4H3. The van der Waals surface area contributed by atoms with Gasteiger partial charge in [0.2, 0.25) is 0 Å². The van der Waals surface area contributed by atoms with E-state index >= 15 is 0 Å². The van der Waals surface area contributed by atoms with Crippen LogP contribution in [0.5, 0.6) is 11.5 Å². The predicted octanol–water partition coefficient (Wildman–Crippen LogP) is 5.23. The van der Waals surface area contributed by atoms with Crippen molar-refractivity contribution in [1.29, 1.82) is 0 Å². The predicted molar refractivity (Wildman–Crippen MR) is 96.3 cm³/mol. The van der Waals surface area contributed by atoms with E-state index in [1.165, 1.54) is 0 Å². The highest BCUT2D eigenvalue weighted by Crippen LogP contribution is 2.39. The van der Waals surface area contributed by atoms with Crippen molar-refractivity contribution < 1.29 is 9.84 Å². The molecule has 0 aliphatic rings. The lowest BCUT2D eigenvalue weighted by molar-refractivity contribution is 0.395. The van der Waals surface area contributed by atoms with Gasteiger partial charge in [-0.05, 0) is 36.1 Å². The second-order valence-electron chi connectivity index (χ2n) is 6.34. The Morgan fingerprint density at radius 3 is 2.48 bits per heavy atom. The van der Waals surface area contributed by atoms with Gasteiger partial charge in [0.05, 0.1) is 12.8 Å². The molecule has 1 N–H and O–H groups in total. The molecule has 122 valence electrons. The molecule has 0 heterocycles. The maximum atomic E-state index is 10.7. The summed E-state index contributed by atoms with van der Waals surface area (Å²) >= 11 is 0. The van der Waals surface area contributed by atoms with Crippen molar-refractivity contribution in [2.75, 3.05) is 7.11 Å². The number of hydrogen-bond acceptors (Lipinski definition) is 3. The molecule has 2 rings (SSSR count). The molecule has 0 aromatic heterocycles. The second-order valence-corrected chi connectivity index (χ2v) is 6.34. The minimum Gasteiger partial charge on any atom is -0.507 e. The third-order valence-electron chi connectivity index (χ3n) is 4.06. The number of aromatic hydroxyl groups is 1. The maximum Gasteiger partial charge on any atom is 0.128 e. The van der Waals surface area contributed by atoms with E-state index in [1.807, 2.05) is 42.5 Å². The Morgan fingerprint density at radius 1 is 1.17 bits per heavy atom. The first-order chi connectivity index (χ1) is 11.0. The highest BCUT2D eigenvalue weighted by molar-refractivity contribution is 5.87. The number of nitrogens with zero attached hydrogens (tertiary/aromatic N) is 1. The summed E-state index contributed by atoms with van der Waals surface area (Å²) in [6.07, 6.45) is 3.73. The summed E-state index contributed by atoms with van der Waals surface area (Å²) in [6.45, 7) is 6.43. The fourth-order valence-electron chi connectivity index (χ4n) is 2.78. The third-order valence-corrected chi connectivity index (χ3v) is 4.06. The number of hydrogen-bond donors (Lipinski definition) is 1. The lowest BCUT2D eigenvalue weighted by Crippen LogP contribution is -2.17. The molecule has 0 aliphatic carbocycles. The Kier molecular flexibility index (Phi) is 5.43. The Labute approximate surface area is 138 Å². The van der Waals surface area contributed by atoms with E-state index < -0.39 is 0 Å². The molecule has 0 fully saturated rings. The maximum absolute atomic E-state index is 10.7. The van der Waals surface area contributed by atoms with E-state index in [1.54, 1.807) is 13.3 Å². The molecular weight excluding hydrogens is 286 g/mol. The zero-order valence-electron chi connectivity index (χ0n) is 14.3. The van der Waals surface area contributed by atoms with Crippen molar-refractivity contribution >= 4 is 11.9 Å². The number of para-hydroxylation sites is 1. The largest absolute Gasteiger partial charge is 0.507 e. The topological polar surface area (TPSA) is 41.8 Å². The highest BCUT2D eigenvalue weighted by Gasteiger charge is 2.25. The molecule has 0 saturated carbocycles. The number of benzene rings is 2. The van der Waals surface area contributed by atoms with Gasteiger partial charge in [0.1, 0.15) is 11.5 Å². The molecule has 0 aliphatic heterocycles. The number of rotatable bonds is 6. The molecule has 0 amide bonds. The van der Waals surface area contributed by atoms with Crippen LogP contribution in [0.2, 0.25) is 0 Å². The molecule has 0 atom stereocenters. The summed E-state index contributed by atoms with van der Waals surface area (Å²) in [6, 6.07) is 13.4. The molecule has 0 radical (unpaired) electrons. The first kappa shape index (κ1) is 17.1. The molecule has 3 nitrogen and oxygen atoms in total. The van der Waals surface area contributed by atoms with E-state index in [9.17, 15) is 5.11 Å². The SMILES string of the molecule is CCCC(C)(C)c1cc(OC)cc(C=Nc2ccccc2)c1O. The summed E-state index contributed by atoms with van der Waals surface area (Å²) < 4.78 is 5.40. The van der Waals surface area contributed by atoms with Crippen LogP contribution in [-0.2, 0) is 5.41 Å². The average molecular weight is 311 g/mol. The van der Waals surface area contributed by atoms with E-state index in [-0.39, 0.29) is 11.2 Å². The molecule has 2 aromatic rings. The van der Waals surface area contributed by atoms with Crippen molar-refractivity contribution in [3.8, 4) is 11.5 Å². The summed E-state index contributed by atoms with van der Waals surface area (Å²) in [7, 11) is 1.64. The lowest BCUT2D eigenvalue weighted by Gasteiger charge is -2.26. The Morgan fingerprint density at radius 2 is 1.87 bits per heavy atom. The van der Waals surface area contributed by atoms with E-state index in [4.69, 9.17) is 4.74 Å². The summed E-state index contributed by atoms with van der Waals surface area (Å²) in [5, 5.41) is 10.7. The van der Waals surface area contributed by atoms with Gasteiger partial charge < -0.3 is 9.84 Å². The molecule has 0 unspecified atom stereocenters. The lowest BCUT2D eigenvalue weighted by atomic mass is 9.79. The molecule has 0 spiro atoms. The van der Waals surface area contributed by atoms with Gasteiger partial charge in [0.15, 0.2) is 0 Å². The van der Waals surface area contributed by atoms with Gasteiger partial charge in [-0.15, -0.1) is 0 Å². The van der Waals surface area contributed by atoms with Gasteiger partial charge in [0.25, 0.3) is 0 Å². The molecule has 23 heavy (non-hydrogen) atoms. The van der Waals surface area contributed by atoms with Crippen LogP contribution in [0.1, 0.15) is 44.7 Å². The Balaban J connectivity index is 2.45. The quantitative estimate of drug-likeness (QED) is 0.742. The van der Waals surface area contributed by atoms with Gasteiger partial charge in [-0.2, -0.15) is 0 Å². The molecule has 2 aromatic carbocycles.